The summed E-state index contributed by atoms with van der Waals surface area (Å²) in [4.78, 5) is 4.52. The van der Waals surface area contributed by atoms with Gasteiger partial charge >= 0.3 is 0 Å². The Morgan fingerprint density at radius 3 is 1.30 bits per heavy atom. The first kappa shape index (κ1) is 36.0. The minimum atomic E-state index is 0.620. The zero-order valence-electron chi connectivity index (χ0n) is 34.3. The number of ether oxygens (including phenoxy) is 2. The molecule has 2 aromatic heterocycles. The van der Waals surface area contributed by atoms with Crippen molar-refractivity contribution in [2.45, 2.75) is 0 Å². The van der Waals surface area contributed by atoms with E-state index in [1.807, 2.05) is 66.7 Å². The molecule has 0 unspecified atom stereocenters. The SMILES string of the molecule is c1ccc(N(c2ccc(-c3c4c(c(N(c5ccccc5)c5ccc6c(c5)oc5ccccc56)c5ccccc35)Oc3ccccc3O4)cc2)c2ccc3c(c2)oc2ccccc23)cc1. The van der Waals surface area contributed by atoms with Crippen molar-refractivity contribution in [3.8, 4) is 34.1 Å². The lowest BCUT2D eigenvalue weighted by Crippen LogP contribution is -2.14. The van der Waals surface area contributed by atoms with Crippen LogP contribution in [0.4, 0.5) is 34.1 Å². The van der Waals surface area contributed by atoms with E-state index in [4.69, 9.17) is 18.3 Å². The fourth-order valence-corrected chi connectivity index (χ4v) is 9.41. The molecule has 1 aliphatic rings. The summed E-state index contributed by atoms with van der Waals surface area (Å²) >= 11 is 0. The summed E-state index contributed by atoms with van der Waals surface area (Å²) in [6.07, 6.45) is 0. The van der Waals surface area contributed by atoms with Gasteiger partial charge in [0.05, 0.1) is 5.69 Å². The molecule has 0 aliphatic carbocycles. The van der Waals surface area contributed by atoms with Crippen molar-refractivity contribution in [3.05, 3.63) is 218 Å². The molecule has 3 heterocycles. The number of para-hydroxylation sites is 6. The van der Waals surface area contributed by atoms with Crippen molar-refractivity contribution >= 4 is 88.8 Å². The van der Waals surface area contributed by atoms with Crippen LogP contribution in [0.3, 0.4) is 0 Å². The monoisotopic (exact) mass is 824 g/mol. The summed E-state index contributed by atoms with van der Waals surface area (Å²) in [5.74, 6) is 2.56. The summed E-state index contributed by atoms with van der Waals surface area (Å²) in [7, 11) is 0. The highest BCUT2D eigenvalue weighted by atomic mass is 16.6. The molecule has 0 atom stereocenters. The summed E-state index contributed by atoms with van der Waals surface area (Å²) in [6, 6.07) is 75.2. The first-order chi connectivity index (χ1) is 31.7. The lowest BCUT2D eigenvalue weighted by molar-refractivity contribution is 0.362. The normalized spacial score (nSPS) is 12.0. The van der Waals surface area contributed by atoms with Crippen LogP contribution in [0, 0.1) is 0 Å². The van der Waals surface area contributed by atoms with Gasteiger partial charge in [-0.15, -0.1) is 0 Å². The van der Waals surface area contributed by atoms with Gasteiger partial charge in [-0.3, -0.25) is 0 Å². The van der Waals surface area contributed by atoms with Crippen molar-refractivity contribution in [1.82, 2.24) is 0 Å². The first-order valence-corrected chi connectivity index (χ1v) is 21.4. The predicted octanol–water partition coefficient (Wildman–Crippen LogP) is 17.1. The number of fused-ring (bicyclic) bond motifs is 9. The molecule has 0 saturated carbocycles. The minimum Gasteiger partial charge on any atom is -0.456 e. The van der Waals surface area contributed by atoms with Gasteiger partial charge in [-0.1, -0.05) is 121 Å². The zero-order chi connectivity index (χ0) is 42.1. The lowest BCUT2D eigenvalue weighted by Gasteiger charge is -2.33. The molecular formula is C58H36N2O4. The highest BCUT2D eigenvalue weighted by Gasteiger charge is 2.33. The minimum absolute atomic E-state index is 0.620. The molecule has 6 nitrogen and oxygen atoms in total. The van der Waals surface area contributed by atoms with Crippen LogP contribution in [0.5, 0.6) is 23.0 Å². The number of nitrogens with zero attached hydrogens (tertiary/aromatic N) is 2. The van der Waals surface area contributed by atoms with Gasteiger partial charge in [0.15, 0.2) is 23.0 Å². The van der Waals surface area contributed by atoms with Crippen LogP contribution in [-0.4, -0.2) is 0 Å². The second-order valence-corrected chi connectivity index (χ2v) is 16.0. The number of rotatable bonds is 7. The molecule has 13 rings (SSSR count). The molecule has 64 heavy (non-hydrogen) atoms. The summed E-state index contributed by atoms with van der Waals surface area (Å²) in [5, 5.41) is 6.37. The van der Waals surface area contributed by atoms with E-state index in [2.05, 4.69) is 161 Å². The molecule has 6 heteroatoms. The van der Waals surface area contributed by atoms with E-state index >= 15 is 0 Å². The Kier molecular flexibility index (Phi) is 8.11. The molecule has 0 amide bonds. The lowest BCUT2D eigenvalue weighted by atomic mass is 9.93. The molecular weight excluding hydrogens is 789 g/mol. The third-order valence-electron chi connectivity index (χ3n) is 12.3. The van der Waals surface area contributed by atoms with Gasteiger partial charge in [-0.2, -0.15) is 0 Å². The van der Waals surface area contributed by atoms with Crippen LogP contribution in [0.2, 0.25) is 0 Å². The Hall–Kier alpha value is -8.74. The highest BCUT2D eigenvalue weighted by molar-refractivity contribution is 6.13. The van der Waals surface area contributed by atoms with Crippen molar-refractivity contribution in [3.63, 3.8) is 0 Å². The van der Waals surface area contributed by atoms with E-state index in [0.29, 0.717) is 23.0 Å². The number of hydrogen-bond donors (Lipinski definition) is 0. The van der Waals surface area contributed by atoms with Crippen molar-refractivity contribution in [1.29, 1.82) is 0 Å². The molecule has 1 aliphatic heterocycles. The number of benzene rings is 10. The van der Waals surface area contributed by atoms with Crippen LogP contribution < -0.4 is 19.3 Å². The maximum atomic E-state index is 7.07. The average molecular weight is 825 g/mol. The number of furan rings is 2. The second-order valence-electron chi connectivity index (χ2n) is 16.0. The Bertz CT molecular complexity index is 3740. The maximum Gasteiger partial charge on any atom is 0.195 e. The van der Waals surface area contributed by atoms with E-state index in [1.54, 1.807) is 0 Å². The van der Waals surface area contributed by atoms with E-state index < -0.39 is 0 Å². The van der Waals surface area contributed by atoms with Gasteiger partial charge < -0.3 is 28.1 Å². The van der Waals surface area contributed by atoms with Gasteiger partial charge in [-0.05, 0) is 95.9 Å². The van der Waals surface area contributed by atoms with Crippen LogP contribution in [-0.2, 0) is 0 Å². The van der Waals surface area contributed by atoms with Gasteiger partial charge in [0, 0.05) is 67.4 Å². The van der Waals surface area contributed by atoms with E-state index in [-0.39, 0.29) is 0 Å². The molecule has 10 aromatic carbocycles. The van der Waals surface area contributed by atoms with Crippen molar-refractivity contribution in [2.75, 3.05) is 9.80 Å². The molecule has 0 spiro atoms. The predicted molar refractivity (Wildman–Crippen MR) is 260 cm³/mol. The smallest absolute Gasteiger partial charge is 0.195 e. The highest BCUT2D eigenvalue weighted by Crippen LogP contribution is 2.60. The van der Waals surface area contributed by atoms with Crippen LogP contribution in [0.25, 0.3) is 65.8 Å². The summed E-state index contributed by atoms with van der Waals surface area (Å²) < 4.78 is 26.9. The molecule has 0 bridgehead atoms. The standard InChI is InChI=1S/C58H36N2O4/c1-3-15-38(16-4-1)59(41-31-33-45-43-19-9-11-23-49(43)61-53(45)35-41)40-29-27-37(28-30-40)55-47-21-7-8-22-48(47)56(58-57(55)63-51-25-13-14-26-52(51)64-58)60(39-17-5-2-6-18-39)42-32-34-46-44-20-10-12-24-50(44)62-54(46)36-42/h1-36H. The zero-order valence-corrected chi connectivity index (χ0v) is 34.3. The fourth-order valence-electron chi connectivity index (χ4n) is 9.41. The quantitative estimate of drug-likeness (QED) is 0.160. The second kappa shape index (κ2) is 14.4. The van der Waals surface area contributed by atoms with Gasteiger partial charge in [0.25, 0.3) is 0 Å². The third-order valence-corrected chi connectivity index (χ3v) is 12.3. The van der Waals surface area contributed by atoms with E-state index in [1.165, 1.54) is 0 Å². The van der Waals surface area contributed by atoms with Crippen molar-refractivity contribution in [2.24, 2.45) is 0 Å². The van der Waals surface area contributed by atoms with Crippen LogP contribution in [0.15, 0.2) is 227 Å². The largest absolute Gasteiger partial charge is 0.456 e. The maximum absolute atomic E-state index is 7.07. The topological polar surface area (TPSA) is 51.2 Å². The molecule has 0 fully saturated rings. The molecule has 12 aromatic rings. The first-order valence-electron chi connectivity index (χ1n) is 21.4. The summed E-state index contributed by atoms with van der Waals surface area (Å²) in [5.41, 5.74) is 11.1. The van der Waals surface area contributed by atoms with E-state index in [0.717, 1.165) is 99.9 Å². The molecule has 0 N–H and O–H groups in total. The Morgan fingerprint density at radius 1 is 0.281 bits per heavy atom. The molecule has 0 radical (unpaired) electrons. The van der Waals surface area contributed by atoms with Gasteiger partial charge in [0.1, 0.15) is 28.0 Å². The number of anilines is 6. The van der Waals surface area contributed by atoms with Crippen LogP contribution in [0.1, 0.15) is 0 Å². The number of hydrogen-bond acceptors (Lipinski definition) is 6. The molecule has 302 valence electrons. The van der Waals surface area contributed by atoms with Gasteiger partial charge in [0.2, 0.25) is 0 Å². The third kappa shape index (κ3) is 5.73. The van der Waals surface area contributed by atoms with Crippen LogP contribution >= 0.6 is 0 Å². The Balaban J connectivity index is 1.01. The molecule has 0 saturated heterocycles. The Morgan fingerprint density at radius 2 is 0.703 bits per heavy atom. The average Bonchev–Trinajstić information content (AvgIpc) is 3.92. The van der Waals surface area contributed by atoms with E-state index in [9.17, 15) is 0 Å². The summed E-state index contributed by atoms with van der Waals surface area (Å²) in [6.45, 7) is 0. The fraction of sp³-hybridized carbons (Fsp3) is 0. The Labute approximate surface area is 368 Å². The van der Waals surface area contributed by atoms with Crippen molar-refractivity contribution < 1.29 is 18.3 Å². The van der Waals surface area contributed by atoms with Gasteiger partial charge in [-0.25, -0.2) is 0 Å².